The van der Waals surface area contributed by atoms with E-state index in [9.17, 15) is 4.39 Å². The van der Waals surface area contributed by atoms with E-state index in [1.807, 2.05) is 7.05 Å². The molecule has 0 amide bonds. The summed E-state index contributed by atoms with van der Waals surface area (Å²) in [6.45, 7) is 0. The highest BCUT2D eigenvalue weighted by molar-refractivity contribution is 5.85. The topological polar surface area (TPSA) is 12.0 Å². The molecule has 2 atom stereocenters. The normalized spacial score (nSPS) is 33.0. The van der Waals surface area contributed by atoms with Crippen LogP contribution in [0.4, 0.5) is 4.39 Å². The fraction of sp³-hybridized carbons (Fsp3) is 1.00. The van der Waals surface area contributed by atoms with Crippen LogP contribution in [0.1, 0.15) is 25.7 Å². The van der Waals surface area contributed by atoms with Crippen LogP contribution < -0.4 is 5.32 Å². The van der Waals surface area contributed by atoms with Gasteiger partial charge in [-0.1, -0.05) is 12.8 Å². The van der Waals surface area contributed by atoms with Gasteiger partial charge in [-0.05, 0) is 19.9 Å². The minimum Gasteiger partial charge on any atom is -0.314 e. The van der Waals surface area contributed by atoms with Crippen molar-refractivity contribution in [3.63, 3.8) is 0 Å². The molecule has 1 rings (SSSR count). The lowest BCUT2D eigenvalue weighted by Crippen LogP contribution is -2.37. The van der Waals surface area contributed by atoms with E-state index in [-0.39, 0.29) is 18.4 Å². The Hall–Kier alpha value is 0.180. The molecule has 0 radical (unpaired) electrons. The minimum atomic E-state index is -0.594. The van der Waals surface area contributed by atoms with Crippen molar-refractivity contribution in [3.05, 3.63) is 0 Å². The highest BCUT2D eigenvalue weighted by Crippen LogP contribution is 2.20. The molecule has 0 aromatic rings. The summed E-state index contributed by atoms with van der Waals surface area (Å²) in [7, 11) is 1.84. The Balaban J connectivity index is 0.000000810. The van der Waals surface area contributed by atoms with Crippen LogP contribution in [0.5, 0.6) is 0 Å². The smallest absolute Gasteiger partial charge is 0.115 e. The summed E-state index contributed by atoms with van der Waals surface area (Å²) in [5, 5.41) is 2.98. The van der Waals surface area contributed by atoms with Crippen molar-refractivity contribution in [1.29, 1.82) is 0 Å². The lowest BCUT2D eigenvalue weighted by atomic mass is 9.94. The molecular formula is C7H15ClFN. The van der Waals surface area contributed by atoms with Crippen molar-refractivity contribution in [1.82, 2.24) is 5.32 Å². The average molecular weight is 168 g/mol. The summed E-state index contributed by atoms with van der Waals surface area (Å²) < 4.78 is 12.8. The largest absolute Gasteiger partial charge is 0.314 e. The van der Waals surface area contributed by atoms with Gasteiger partial charge in [-0.2, -0.15) is 0 Å². The van der Waals surface area contributed by atoms with Crippen LogP contribution >= 0.6 is 12.4 Å². The van der Waals surface area contributed by atoms with Gasteiger partial charge in [0.1, 0.15) is 6.17 Å². The molecule has 1 nitrogen and oxygen atoms in total. The van der Waals surface area contributed by atoms with Crippen molar-refractivity contribution in [3.8, 4) is 0 Å². The molecule has 0 unspecified atom stereocenters. The van der Waals surface area contributed by atoms with Crippen molar-refractivity contribution >= 4 is 12.4 Å². The molecular weight excluding hydrogens is 153 g/mol. The van der Waals surface area contributed by atoms with Crippen LogP contribution in [0, 0.1) is 0 Å². The molecule has 62 valence electrons. The van der Waals surface area contributed by atoms with Gasteiger partial charge in [0.15, 0.2) is 0 Å². The number of alkyl halides is 1. The maximum atomic E-state index is 12.8. The minimum absolute atomic E-state index is 0. The Labute approximate surface area is 67.8 Å². The molecule has 1 saturated carbocycles. The third kappa shape index (κ3) is 2.43. The number of halogens is 2. The second-order valence-electron chi connectivity index (χ2n) is 2.70. The molecule has 1 aliphatic rings. The van der Waals surface area contributed by atoms with Gasteiger partial charge in [-0.25, -0.2) is 4.39 Å². The van der Waals surface area contributed by atoms with E-state index in [4.69, 9.17) is 0 Å². The summed E-state index contributed by atoms with van der Waals surface area (Å²) in [5.74, 6) is 0. The molecule has 0 aromatic heterocycles. The molecule has 10 heavy (non-hydrogen) atoms. The lowest BCUT2D eigenvalue weighted by molar-refractivity contribution is 0.196. The quantitative estimate of drug-likeness (QED) is 0.629. The monoisotopic (exact) mass is 167 g/mol. The second-order valence-corrected chi connectivity index (χ2v) is 2.70. The predicted octanol–water partition coefficient (Wildman–Crippen LogP) is 1.91. The third-order valence-corrected chi connectivity index (χ3v) is 2.05. The van der Waals surface area contributed by atoms with Gasteiger partial charge < -0.3 is 5.32 Å². The first-order chi connectivity index (χ1) is 4.34. The van der Waals surface area contributed by atoms with Crippen molar-refractivity contribution < 1.29 is 4.39 Å². The highest BCUT2D eigenvalue weighted by Gasteiger charge is 2.22. The summed E-state index contributed by atoms with van der Waals surface area (Å²) >= 11 is 0. The van der Waals surface area contributed by atoms with E-state index in [0.717, 1.165) is 19.3 Å². The Morgan fingerprint density at radius 3 is 2.30 bits per heavy atom. The van der Waals surface area contributed by atoms with Crippen LogP contribution in [-0.2, 0) is 0 Å². The highest BCUT2D eigenvalue weighted by atomic mass is 35.5. The first-order valence-corrected chi connectivity index (χ1v) is 3.66. The molecule has 0 bridgehead atoms. The molecule has 0 spiro atoms. The first-order valence-electron chi connectivity index (χ1n) is 3.66. The predicted molar refractivity (Wildman–Crippen MR) is 43.5 cm³/mol. The van der Waals surface area contributed by atoms with Gasteiger partial charge in [0.05, 0.1) is 0 Å². The van der Waals surface area contributed by atoms with Gasteiger partial charge in [-0.3, -0.25) is 0 Å². The lowest BCUT2D eigenvalue weighted by Gasteiger charge is -2.24. The standard InChI is InChI=1S/C7H14FN.ClH/c1-9-7-5-3-2-4-6(7)8;/h6-7,9H,2-5H2,1H3;1H/t6-,7+;/m1./s1. The van der Waals surface area contributed by atoms with Gasteiger partial charge in [0.25, 0.3) is 0 Å². The van der Waals surface area contributed by atoms with E-state index < -0.39 is 6.17 Å². The number of rotatable bonds is 1. The van der Waals surface area contributed by atoms with Crippen LogP contribution in [0.3, 0.4) is 0 Å². The Morgan fingerprint density at radius 2 is 1.90 bits per heavy atom. The van der Waals surface area contributed by atoms with Crippen molar-refractivity contribution in [2.24, 2.45) is 0 Å². The summed E-state index contributed by atoms with van der Waals surface area (Å²) in [6.07, 6.45) is 3.43. The third-order valence-electron chi connectivity index (χ3n) is 2.05. The Morgan fingerprint density at radius 1 is 1.30 bits per heavy atom. The van der Waals surface area contributed by atoms with E-state index in [0.29, 0.717) is 0 Å². The molecule has 0 heterocycles. The fourth-order valence-corrected chi connectivity index (χ4v) is 1.41. The zero-order chi connectivity index (χ0) is 6.69. The van der Waals surface area contributed by atoms with Gasteiger partial charge in [-0.15, -0.1) is 12.4 Å². The van der Waals surface area contributed by atoms with E-state index in [2.05, 4.69) is 5.32 Å². The van der Waals surface area contributed by atoms with Crippen molar-refractivity contribution in [2.75, 3.05) is 7.05 Å². The van der Waals surface area contributed by atoms with Crippen LogP contribution in [0.25, 0.3) is 0 Å². The van der Waals surface area contributed by atoms with E-state index >= 15 is 0 Å². The molecule has 3 heteroatoms. The van der Waals surface area contributed by atoms with Crippen LogP contribution in [0.2, 0.25) is 0 Å². The van der Waals surface area contributed by atoms with E-state index in [1.165, 1.54) is 6.42 Å². The molecule has 0 aromatic carbocycles. The molecule has 0 aliphatic heterocycles. The summed E-state index contributed by atoms with van der Waals surface area (Å²) in [5.41, 5.74) is 0. The SMILES string of the molecule is CN[C@H]1CCCC[C@H]1F.Cl. The number of hydrogen-bond acceptors (Lipinski definition) is 1. The number of hydrogen-bond donors (Lipinski definition) is 1. The molecule has 1 fully saturated rings. The second kappa shape index (κ2) is 4.91. The summed E-state index contributed by atoms with van der Waals surface area (Å²) in [6, 6.07) is 0.138. The summed E-state index contributed by atoms with van der Waals surface area (Å²) in [4.78, 5) is 0. The first kappa shape index (κ1) is 10.2. The average Bonchev–Trinajstić information content (AvgIpc) is 1.89. The number of nitrogens with one attached hydrogen (secondary N) is 1. The zero-order valence-electron chi connectivity index (χ0n) is 6.27. The Bertz CT molecular complexity index is 89.7. The molecule has 0 saturated heterocycles. The maximum absolute atomic E-state index is 12.8. The van der Waals surface area contributed by atoms with Crippen LogP contribution in [0.15, 0.2) is 0 Å². The molecule has 1 aliphatic carbocycles. The van der Waals surface area contributed by atoms with Crippen LogP contribution in [-0.4, -0.2) is 19.3 Å². The Kier molecular flexibility index (Phi) is 5.00. The fourth-order valence-electron chi connectivity index (χ4n) is 1.41. The van der Waals surface area contributed by atoms with Gasteiger partial charge >= 0.3 is 0 Å². The van der Waals surface area contributed by atoms with Crippen molar-refractivity contribution in [2.45, 2.75) is 37.9 Å². The molecule has 1 N–H and O–H groups in total. The maximum Gasteiger partial charge on any atom is 0.115 e. The van der Waals surface area contributed by atoms with E-state index in [1.54, 1.807) is 0 Å². The van der Waals surface area contributed by atoms with Gasteiger partial charge in [0.2, 0.25) is 0 Å². The van der Waals surface area contributed by atoms with Gasteiger partial charge in [0, 0.05) is 6.04 Å². The zero-order valence-corrected chi connectivity index (χ0v) is 7.09.